The van der Waals surface area contributed by atoms with Crippen LogP contribution >= 0.6 is 0 Å². The van der Waals surface area contributed by atoms with Gasteiger partial charge in [0, 0.05) is 29.9 Å². The number of rotatable bonds is 10. The van der Waals surface area contributed by atoms with Crippen molar-refractivity contribution in [1.82, 2.24) is 25.8 Å². The van der Waals surface area contributed by atoms with Crippen LogP contribution in [0.25, 0.3) is 10.9 Å². The molecule has 4 aliphatic rings. The van der Waals surface area contributed by atoms with Crippen LogP contribution in [0.1, 0.15) is 56.4 Å². The van der Waals surface area contributed by atoms with E-state index in [1.165, 1.54) is 4.90 Å². The van der Waals surface area contributed by atoms with Crippen LogP contribution in [-0.2, 0) is 24.5 Å². The number of piperidine rings is 2. The average Bonchev–Trinajstić information content (AvgIpc) is 3.75. The first kappa shape index (κ1) is 33.9. The van der Waals surface area contributed by atoms with Gasteiger partial charge < -0.3 is 35.5 Å². The SMILES string of the molecule is CC1(C)[C@@H]2[C@@H](C(=O)N[C@@H](C[C@@H]3CCCNC3=O)C(O)S(=O)(=O)[O-])N(C(=O)[C@@H](NC(=O)c3cc4ccccc4[nH]3)C3CC3)C[C@@H]21.[Na+]. The fraction of sp³-hybridized carbons (Fsp3) is 0.600. The number of hydrogen-bond acceptors (Lipinski definition) is 8. The number of para-hydroxylation sites is 1. The minimum absolute atomic E-state index is 0. The van der Waals surface area contributed by atoms with E-state index in [1.54, 1.807) is 6.07 Å². The topological polar surface area (TPSA) is 201 Å². The van der Waals surface area contributed by atoms with Gasteiger partial charge in [0.1, 0.15) is 27.9 Å². The Labute approximate surface area is 283 Å². The van der Waals surface area contributed by atoms with Crippen LogP contribution in [0, 0.1) is 29.1 Å². The van der Waals surface area contributed by atoms with Crippen molar-refractivity contribution >= 4 is 44.6 Å². The molecule has 6 rings (SSSR count). The quantitative estimate of drug-likeness (QED) is 0.136. The molecule has 5 N–H and O–H groups in total. The summed E-state index contributed by atoms with van der Waals surface area (Å²) in [5.41, 5.74) is -1.65. The minimum Gasteiger partial charge on any atom is -0.746 e. The van der Waals surface area contributed by atoms with Gasteiger partial charge in [-0.2, -0.15) is 0 Å². The summed E-state index contributed by atoms with van der Waals surface area (Å²) >= 11 is 0. The standard InChI is InChI=1S/C30H39N5O8S.Na/c1-30(2)18-14-35(28(39)23(15-9-10-15)34-26(37)20-12-16-6-3-4-8-19(16)32-20)24(22(18)30)27(38)33-21(29(40)44(41,42)43)13-17-7-5-11-31-25(17)36;/h3-4,6,8,12,15,17-18,21-24,29,32,40H,5,7,9-11,13-14H2,1-2H3,(H,31,36)(H,33,38)(H,34,37)(H,41,42,43);/q;+1/p-1/t17-,18-,21-,22-,23-,24-,29?;/m0./s1. The Morgan fingerprint density at radius 2 is 1.87 bits per heavy atom. The maximum Gasteiger partial charge on any atom is 1.00 e. The molecule has 238 valence electrons. The second-order valence-electron chi connectivity index (χ2n) is 13.3. The predicted molar refractivity (Wildman–Crippen MR) is 157 cm³/mol. The van der Waals surface area contributed by atoms with E-state index >= 15 is 0 Å². The third-order valence-electron chi connectivity index (χ3n) is 10.1. The van der Waals surface area contributed by atoms with Gasteiger partial charge in [0.2, 0.25) is 17.7 Å². The summed E-state index contributed by atoms with van der Waals surface area (Å²) in [7, 11) is -5.23. The fourth-order valence-corrected chi connectivity index (χ4v) is 7.88. The first-order valence-electron chi connectivity index (χ1n) is 15.2. The Balaban J connectivity index is 0.00000400. The number of aliphatic hydroxyl groups is 1. The number of aliphatic hydroxyl groups excluding tert-OH is 1. The molecule has 1 aromatic heterocycles. The van der Waals surface area contributed by atoms with Crippen molar-refractivity contribution in [3.05, 3.63) is 36.0 Å². The molecule has 0 bridgehead atoms. The maximum absolute atomic E-state index is 14.1. The van der Waals surface area contributed by atoms with Gasteiger partial charge in [-0.15, -0.1) is 0 Å². The predicted octanol–water partition coefficient (Wildman–Crippen LogP) is -2.57. The normalized spacial score (nSPS) is 27.4. The van der Waals surface area contributed by atoms with Crippen molar-refractivity contribution in [1.29, 1.82) is 0 Å². The monoisotopic (exact) mass is 651 g/mol. The molecule has 2 saturated heterocycles. The van der Waals surface area contributed by atoms with Crippen LogP contribution in [0.15, 0.2) is 30.3 Å². The van der Waals surface area contributed by atoms with Crippen molar-refractivity contribution in [2.24, 2.45) is 29.1 Å². The number of aromatic amines is 1. The van der Waals surface area contributed by atoms with Gasteiger partial charge in [0.15, 0.2) is 5.44 Å². The molecule has 2 aliphatic carbocycles. The third kappa shape index (κ3) is 6.68. The first-order valence-corrected chi connectivity index (χ1v) is 16.6. The number of hydrogen-bond donors (Lipinski definition) is 5. The molecule has 13 nitrogen and oxygen atoms in total. The van der Waals surface area contributed by atoms with Crippen molar-refractivity contribution in [3.8, 4) is 0 Å². The second kappa shape index (κ2) is 12.6. The first-order chi connectivity index (χ1) is 20.8. The number of nitrogens with one attached hydrogen (secondary N) is 4. The third-order valence-corrected chi connectivity index (χ3v) is 11.0. The van der Waals surface area contributed by atoms with Crippen molar-refractivity contribution in [2.75, 3.05) is 13.1 Å². The van der Waals surface area contributed by atoms with E-state index in [0.29, 0.717) is 25.1 Å². The molecule has 4 amide bonds. The Kier molecular flexibility index (Phi) is 9.49. The van der Waals surface area contributed by atoms with Crippen LogP contribution in [0.3, 0.4) is 0 Å². The number of benzene rings is 1. The van der Waals surface area contributed by atoms with Gasteiger partial charge in [-0.25, -0.2) is 8.42 Å². The van der Waals surface area contributed by atoms with Crippen LogP contribution < -0.4 is 45.5 Å². The zero-order valence-corrected chi connectivity index (χ0v) is 28.4. The van der Waals surface area contributed by atoms with Crippen LogP contribution in [0.2, 0.25) is 0 Å². The number of fused-ring (bicyclic) bond motifs is 2. The Morgan fingerprint density at radius 1 is 1.16 bits per heavy atom. The molecular weight excluding hydrogens is 613 g/mol. The van der Waals surface area contributed by atoms with Crippen molar-refractivity contribution < 1.29 is 66.8 Å². The molecule has 7 atom stereocenters. The second-order valence-corrected chi connectivity index (χ2v) is 14.8. The van der Waals surface area contributed by atoms with E-state index in [-0.39, 0.29) is 71.6 Å². The molecule has 1 aromatic carbocycles. The van der Waals surface area contributed by atoms with E-state index < -0.39 is 57.3 Å². The molecule has 3 heterocycles. The van der Waals surface area contributed by atoms with Gasteiger partial charge in [-0.05, 0) is 67.4 Å². The number of nitrogens with zero attached hydrogens (tertiary/aromatic N) is 1. The average molecular weight is 652 g/mol. The number of carbonyl (C=O) groups is 4. The maximum atomic E-state index is 14.1. The number of likely N-dealkylation sites (tertiary alicyclic amines) is 1. The smallest absolute Gasteiger partial charge is 0.746 e. The summed E-state index contributed by atoms with van der Waals surface area (Å²) in [4.78, 5) is 58.1. The van der Waals surface area contributed by atoms with Gasteiger partial charge >= 0.3 is 29.6 Å². The molecular formula is C30H38N5NaO8S. The molecule has 2 aromatic rings. The molecule has 0 radical (unpaired) electrons. The molecule has 2 aliphatic heterocycles. The summed E-state index contributed by atoms with van der Waals surface area (Å²) < 4.78 is 35.5. The minimum atomic E-state index is -5.23. The van der Waals surface area contributed by atoms with Crippen molar-refractivity contribution in [2.45, 2.75) is 69.5 Å². The molecule has 4 fully saturated rings. The van der Waals surface area contributed by atoms with Gasteiger partial charge in [-0.3, -0.25) is 19.2 Å². The Hall–Kier alpha value is -2.49. The number of H-pyrrole nitrogens is 1. The fourth-order valence-electron chi connectivity index (χ4n) is 7.30. The van der Waals surface area contributed by atoms with Crippen LogP contribution in [0.5, 0.6) is 0 Å². The Bertz CT molecular complexity index is 1570. The number of carbonyl (C=O) groups excluding carboxylic acids is 4. The summed E-state index contributed by atoms with van der Waals surface area (Å²) in [6.45, 7) is 4.71. The summed E-state index contributed by atoms with van der Waals surface area (Å²) in [6, 6.07) is 5.74. The zero-order chi connectivity index (χ0) is 31.6. The molecule has 15 heteroatoms. The van der Waals surface area contributed by atoms with Crippen LogP contribution in [-0.4, -0.2) is 88.2 Å². The number of amides is 4. The molecule has 45 heavy (non-hydrogen) atoms. The van der Waals surface area contributed by atoms with E-state index in [0.717, 1.165) is 23.7 Å². The zero-order valence-electron chi connectivity index (χ0n) is 25.6. The van der Waals surface area contributed by atoms with E-state index in [9.17, 15) is 37.3 Å². The molecule has 1 unspecified atom stereocenters. The molecule has 2 saturated carbocycles. The van der Waals surface area contributed by atoms with Crippen LogP contribution in [0.4, 0.5) is 0 Å². The van der Waals surface area contributed by atoms with E-state index in [2.05, 4.69) is 20.9 Å². The van der Waals surface area contributed by atoms with Crippen molar-refractivity contribution in [3.63, 3.8) is 0 Å². The Morgan fingerprint density at radius 3 is 2.51 bits per heavy atom. The molecule has 0 spiro atoms. The van der Waals surface area contributed by atoms with Gasteiger partial charge in [-0.1, -0.05) is 32.0 Å². The van der Waals surface area contributed by atoms with Gasteiger partial charge in [0.05, 0.1) is 6.04 Å². The largest absolute Gasteiger partial charge is 1.00 e. The van der Waals surface area contributed by atoms with E-state index in [1.807, 2.05) is 38.1 Å². The summed E-state index contributed by atoms with van der Waals surface area (Å²) in [6.07, 6.45) is 2.28. The summed E-state index contributed by atoms with van der Waals surface area (Å²) in [5, 5.41) is 19.4. The number of aromatic nitrogens is 1. The van der Waals surface area contributed by atoms with E-state index in [4.69, 9.17) is 0 Å². The summed E-state index contributed by atoms with van der Waals surface area (Å²) in [5.74, 6) is -2.91. The van der Waals surface area contributed by atoms with Gasteiger partial charge in [0.25, 0.3) is 5.91 Å².